The number of pyridine rings is 1. The minimum absolute atomic E-state index is 0.120. The molecule has 3 atom stereocenters. The van der Waals surface area contributed by atoms with E-state index in [1.807, 2.05) is 41.1 Å². The summed E-state index contributed by atoms with van der Waals surface area (Å²) in [5.41, 5.74) is 2.95. The third-order valence-corrected chi connectivity index (χ3v) is 6.43. The molecule has 0 aliphatic carbocycles. The first-order valence-electron chi connectivity index (χ1n) is 10.7. The Balaban J connectivity index is 1.57. The molecule has 0 spiro atoms. The standard InChI is InChI=1S/C24H24N4O3S/c29-23(30)16-6-3-7-17(14-16)27-12-4-10-20(27)22-21(19-9-1-2-11-25-19)26-24(32)28(22)15-18-8-5-13-31-18/h1-4,6-7,9-12,14,18,21-22H,5,8,13,15H2,(H,26,32)(H,29,30)/t18-,21-,22-/m1/s1. The highest BCUT2D eigenvalue weighted by Gasteiger charge is 2.42. The zero-order chi connectivity index (χ0) is 22.1. The number of carboxylic acid groups (broad SMARTS) is 1. The van der Waals surface area contributed by atoms with Gasteiger partial charge in [-0.1, -0.05) is 12.1 Å². The Labute approximate surface area is 191 Å². The van der Waals surface area contributed by atoms with Gasteiger partial charge in [0, 0.05) is 36.9 Å². The lowest BCUT2D eigenvalue weighted by Crippen LogP contribution is -2.36. The number of hydrogen-bond acceptors (Lipinski definition) is 4. The molecule has 164 valence electrons. The van der Waals surface area contributed by atoms with Crippen LogP contribution in [0, 0.1) is 0 Å². The molecule has 0 amide bonds. The summed E-state index contributed by atoms with van der Waals surface area (Å²) in [4.78, 5) is 18.3. The maximum atomic E-state index is 11.5. The Kier molecular flexibility index (Phi) is 5.63. The van der Waals surface area contributed by atoms with E-state index >= 15 is 0 Å². The average Bonchev–Trinajstić information content (AvgIpc) is 3.56. The van der Waals surface area contributed by atoms with Crippen LogP contribution in [0.25, 0.3) is 5.69 Å². The van der Waals surface area contributed by atoms with Crippen LogP contribution < -0.4 is 5.32 Å². The molecular weight excluding hydrogens is 424 g/mol. The number of benzene rings is 1. The van der Waals surface area contributed by atoms with Gasteiger partial charge in [-0.15, -0.1) is 0 Å². The number of nitrogens with one attached hydrogen (secondary N) is 1. The SMILES string of the molecule is O=C(O)c1cccc(-n2cccc2[C@@H]2[C@@H](c3ccccn3)NC(=S)N2C[C@H]2CCCO2)c1. The lowest BCUT2D eigenvalue weighted by Gasteiger charge is -2.30. The van der Waals surface area contributed by atoms with Gasteiger partial charge in [0.15, 0.2) is 5.11 Å². The summed E-state index contributed by atoms with van der Waals surface area (Å²) in [5.74, 6) is -0.948. The van der Waals surface area contributed by atoms with Crippen LogP contribution in [0.3, 0.4) is 0 Å². The topological polar surface area (TPSA) is 79.6 Å². The zero-order valence-corrected chi connectivity index (χ0v) is 18.2. The molecule has 8 heteroatoms. The quantitative estimate of drug-likeness (QED) is 0.557. The molecule has 2 aliphatic rings. The smallest absolute Gasteiger partial charge is 0.335 e. The van der Waals surface area contributed by atoms with Gasteiger partial charge in [-0.2, -0.15) is 0 Å². The Morgan fingerprint density at radius 1 is 1.22 bits per heavy atom. The number of nitrogens with zero attached hydrogens (tertiary/aromatic N) is 3. The molecule has 0 bridgehead atoms. The van der Waals surface area contributed by atoms with Crippen molar-refractivity contribution in [3.63, 3.8) is 0 Å². The van der Waals surface area contributed by atoms with Gasteiger partial charge in [0.25, 0.3) is 0 Å². The normalized spacial score (nSPS) is 22.8. The molecule has 0 unspecified atom stereocenters. The van der Waals surface area contributed by atoms with Gasteiger partial charge in [-0.25, -0.2) is 4.79 Å². The Hall–Kier alpha value is -3.23. The molecule has 3 aromatic rings. The van der Waals surface area contributed by atoms with Crippen molar-refractivity contribution in [1.29, 1.82) is 0 Å². The van der Waals surface area contributed by atoms with Gasteiger partial charge in [-0.3, -0.25) is 4.98 Å². The second-order valence-corrected chi connectivity index (χ2v) is 8.46. The van der Waals surface area contributed by atoms with Crippen LogP contribution in [-0.4, -0.2) is 49.9 Å². The molecule has 1 aromatic carbocycles. The second kappa shape index (κ2) is 8.72. The first-order chi connectivity index (χ1) is 15.6. The van der Waals surface area contributed by atoms with Crippen molar-refractivity contribution in [2.75, 3.05) is 13.2 Å². The van der Waals surface area contributed by atoms with E-state index in [-0.39, 0.29) is 23.8 Å². The highest BCUT2D eigenvalue weighted by molar-refractivity contribution is 7.80. The van der Waals surface area contributed by atoms with Gasteiger partial charge < -0.3 is 24.6 Å². The third kappa shape index (κ3) is 3.87. The minimum Gasteiger partial charge on any atom is -0.478 e. The second-order valence-electron chi connectivity index (χ2n) is 8.07. The number of ether oxygens (including phenoxy) is 1. The predicted octanol–water partition coefficient (Wildman–Crippen LogP) is 3.72. The highest BCUT2D eigenvalue weighted by atomic mass is 32.1. The van der Waals surface area contributed by atoms with Crippen molar-refractivity contribution in [1.82, 2.24) is 19.8 Å². The van der Waals surface area contributed by atoms with E-state index in [2.05, 4.69) is 21.3 Å². The summed E-state index contributed by atoms with van der Waals surface area (Å²) >= 11 is 5.76. The van der Waals surface area contributed by atoms with Crippen molar-refractivity contribution >= 4 is 23.3 Å². The summed E-state index contributed by atoms with van der Waals surface area (Å²) < 4.78 is 7.94. The Morgan fingerprint density at radius 2 is 2.12 bits per heavy atom. The predicted molar refractivity (Wildman–Crippen MR) is 124 cm³/mol. The number of carboxylic acids is 1. The van der Waals surface area contributed by atoms with E-state index in [4.69, 9.17) is 17.0 Å². The zero-order valence-electron chi connectivity index (χ0n) is 17.4. The molecule has 2 N–H and O–H groups in total. The molecule has 32 heavy (non-hydrogen) atoms. The number of rotatable bonds is 6. The summed E-state index contributed by atoms with van der Waals surface area (Å²) in [6.45, 7) is 1.48. The average molecular weight is 449 g/mol. The largest absolute Gasteiger partial charge is 0.478 e. The van der Waals surface area contributed by atoms with E-state index in [1.165, 1.54) is 0 Å². The van der Waals surface area contributed by atoms with E-state index in [0.717, 1.165) is 36.5 Å². The monoisotopic (exact) mass is 448 g/mol. The number of carbonyl (C=O) groups is 1. The molecule has 5 rings (SSSR count). The molecule has 2 aromatic heterocycles. The third-order valence-electron chi connectivity index (χ3n) is 6.08. The fourth-order valence-electron chi connectivity index (χ4n) is 4.59. The van der Waals surface area contributed by atoms with Crippen LogP contribution in [0.2, 0.25) is 0 Å². The van der Waals surface area contributed by atoms with Gasteiger partial charge in [0.1, 0.15) is 0 Å². The van der Waals surface area contributed by atoms with Crippen LogP contribution in [0.15, 0.2) is 67.0 Å². The molecule has 0 saturated carbocycles. The van der Waals surface area contributed by atoms with Crippen LogP contribution in [0.5, 0.6) is 0 Å². The van der Waals surface area contributed by atoms with Gasteiger partial charge in [0.2, 0.25) is 0 Å². The Bertz CT molecular complexity index is 1130. The molecule has 4 heterocycles. The van der Waals surface area contributed by atoms with Crippen LogP contribution in [0.1, 0.15) is 46.7 Å². The van der Waals surface area contributed by atoms with E-state index in [1.54, 1.807) is 24.4 Å². The molecule has 7 nitrogen and oxygen atoms in total. The fraction of sp³-hybridized carbons (Fsp3) is 0.292. The van der Waals surface area contributed by atoms with Crippen molar-refractivity contribution < 1.29 is 14.6 Å². The van der Waals surface area contributed by atoms with Gasteiger partial charge in [0.05, 0.1) is 29.4 Å². The van der Waals surface area contributed by atoms with Crippen LogP contribution in [0.4, 0.5) is 0 Å². The van der Waals surface area contributed by atoms with E-state index in [0.29, 0.717) is 11.7 Å². The maximum Gasteiger partial charge on any atom is 0.335 e. The minimum atomic E-state index is -0.948. The molecule has 2 aliphatic heterocycles. The first kappa shape index (κ1) is 20.7. The number of aromatic nitrogens is 2. The van der Waals surface area contributed by atoms with Gasteiger partial charge in [-0.05, 0) is 67.5 Å². The van der Waals surface area contributed by atoms with Crippen molar-refractivity contribution in [2.24, 2.45) is 0 Å². The number of hydrogen-bond donors (Lipinski definition) is 2. The number of thiocarbonyl (C=S) groups is 1. The fourth-order valence-corrected chi connectivity index (χ4v) is 4.91. The van der Waals surface area contributed by atoms with Crippen LogP contribution >= 0.6 is 12.2 Å². The van der Waals surface area contributed by atoms with E-state index < -0.39 is 5.97 Å². The highest BCUT2D eigenvalue weighted by Crippen LogP contribution is 2.40. The van der Waals surface area contributed by atoms with Crippen LogP contribution in [-0.2, 0) is 4.74 Å². The first-order valence-corrected chi connectivity index (χ1v) is 11.1. The van der Waals surface area contributed by atoms with Crippen molar-refractivity contribution in [3.8, 4) is 5.69 Å². The molecule has 2 saturated heterocycles. The van der Waals surface area contributed by atoms with Crippen molar-refractivity contribution in [2.45, 2.75) is 31.0 Å². The molecular formula is C24H24N4O3S. The lowest BCUT2D eigenvalue weighted by molar-refractivity contribution is 0.0696. The summed E-state index contributed by atoms with van der Waals surface area (Å²) in [6, 6.07) is 16.6. The van der Waals surface area contributed by atoms with E-state index in [9.17, 15) is 9.90 Å². The van der Waals surface area contributed by atoms with Crippen molar-refractivity contribution in [3.05, 3.63) is 83.9 Å². The summed E-state index contributed by atoms with van der Waals surface area (Å²) in [7, 11) is 0. The molecule has 0 radical (unpaired) electrons. The Morgan fingerprint density at radius 3 is 2.88 bits per heavy atom. The molecule has 2 fully saturated rings. The lowest BCUT2D eigenvalue weighted by atomic mass is 10.0. The summed E-state index contributed by atoms with van der Waals surface area (Å²) in [6.07, 6.45) is 5.96. The number of aromatic carboxylic acids is 1. The van der Waals surface area contributed by atoms with Gasteiger partial charge >= 0.3 is 5.97 Å². The maximum absolute atomic E-state index is 11.5. The summed E-state index contributed by atoms with van der Waals surface area (Å²) in [5, 5.41) is 13.6.